The van der Waals surface area contributed by atoms with Crippen molar-refractivity contribution in [3.8, 4) is 0 Å². The first kappa shape index (κ1) is 16.1. The van der Waals surface area contributed by atoms with Gasteiger partial charge in [0.15, 0.2) is 0 Å². The summed E-state index contributed by atoms with van der Waals surface area (Å²) >= 11 is 0. The standard InChI is InChI=1S/C15H15N5O3S/c1-24(22,23)19-9-13-7-10(4-5-17-13)15(21)20-14-3-2-12(16)6-11(14)8-18-20/h2-8,19H,9,16H2,1H3. The maximum atomic E-state index is 12.7. The summed E-state index contributed by atoms with van der Waals surface area (Å²) in [5.74, 6) is -0.335. The van der Waals surface area contributed by atoms with Gasteiger partial charge in [-0.3, -0.25) is 9.78 Å². The Morgan fingerprint density at radius 2 is 2.08 bits per heavy atom. The van der Waals surface area contributed by atoms with Crippen LogP contribution in [-0.2, 0) is 16.6 Å². The molecule has 9 heteroatoms. The van der Waals surface area contributed by atoms with Gasteiger partial charge >= 0.3 is 0 Å². The van der Waals surface area contributed by atoms with Gasteiger partial charge in [-0.15, -0.1) is 0 Å². The van der Waals surface area contributed by atoms with Crippen LogP contribution in [0.25, 0.3) is 10.9 Å². The average Bonchev–Trinajstić information content (AvgIpc) is 2.94. The van der Waals surface area contributed by atoms with Crippen molar-refractivity contribution in [3.05, 3.63) is 54.0 Å². The number of aromatic nitrogens is 3. The van der Waals surface area contributed by atoms with Gasteiger partial charge in [0.1, 0.15) is 0 Å². The van der Waals surface area contributed by atoms with E-state index in [4.69, 9.17) is 5.73 Å². The Labute approximate surface area is 138 Å². The van der Waals surface area contributed by atoms with Crippen molar-refractivity contribution in [2.75, 3.05) is 12.0 Å². The summed E-state index contributed by atoms with van der Waals surface area (Å²) in [5, 5.41) is 4.87. The number of carbonyl (C=O) groups excluding carboxylic acids is 1. The number of nitrogens with two attached hydrogens (primary N) is 1. The highest BCUT2D eigenvalue weighted by Crippen LogP contribution is 2.18. The first-order valence-corrected chi connectivity index (χ1v) is 8.90. The highest BCUT2D eigenvalue weighted by Gasteiger charge is 2.14. The van der Waals surface area contributed by atoms with Crippen molar-refractivity contribution in [3.63, 3.8) is 0 Å². The van der Waals surface area contributed by atoms with Crippen molar-refractivity contribution in [2.24, 2.45) is 0 Å². The predicted octanol–water partition coefficient (Wildman–Crippen LogP) is 0.751. The van der Waals surface area contributed by atoms with Gasteiger partial charge in [0.25, 0.3) is 5.91 Å². The second kappa shape index (κ2) is 6.02. The fourth-order valence-corrected chi connectivity index (χ4v) is 2.66. The first-order valence-electron chi connectivity index (χ1n) is 7.01. The lowest BCUT2D eigenvalue weighted by Gasteiger charge is -2.06. The largest absolute Gasteiger partial charge is 0.399 e. The Bertz CT molecular complexity index is 1030. The summed E-state index contributed by atoms with van der Waals surface area (Å²) in [6, 6.07) is 8.24. The van der Waals surface area contributed by atoms with E-state index in [9.17, 15) is 13.2 Å². The number of pyridine rings is 1. The van der Waals surface area contributed by atoms with Crippen LogP contribution in [0.15, 0.2) is 42.7 Å². The molecule has 124 valence electrons. The van der Waals surface area contributed by atoms with Crippen molar-refractivity contribution >= 4 is 32.5 Å². The molecule has 1 aromatic carbocycles. The molecule has 0 atom stereocenters. The van der Waals surface area contributed by atoms with Crippen molar-refractivity contribution < 1.29 is 13.2 Å². The molecule has 2 aromatic heterocycles. The van der Waals surface area contributed by atoms with Crippen LogP contribution in [0.4, 0.5) is 5.69 Å². The molecule has 0 amide bonds. The molecular formula is C15H15N5O3S. The molecule has 2 heterocycles. The number of fused-ring (bicyclic) bond motifs is 1. The summed E-state index contributed by atoms with van der Waals surface area (Å²) in [6.45, 7) is 0.0103. The molecule has 0 unspecified atom stereocenters. The van der Waals surface area contributed by atoms with E-state index in [1.807, 2.05) is 0 Å². The zero-order valence-corrected chi connectivity index (χ0v) is 13.6. The second-order valence-corrected chi connectivity index (χ2v) is 7.14. The maximum absolute atomic E-state index is 12.7. The number of nitrogens with zero attached hydrogens (tertiary/aromatic N) is 3. The van der Waals surface area contributed by atoms with Gasteiger partial charge in [-0.25, -0.2) is 13.1 Å². The molecule has 0 saturated carbocycles. The third kappa shape index (κ3) is 3.42. The van der Waals surface area contributed by atoms with E-state index < -0.39 is 10.0 Å². The molecule has 0 bridgehead atoms. The van der Waals surface area contributed by atoms with E-state index in [-0.39, 0.29) is 12.5 Å². The molecule has 3 rings (SSSR count). The molecule has 0 saturated heterocycles. The summed E-state index contributed by atoms with van der Waals surface area (Å²) in [7, 11) is -3.34. The number of nitrogens with one attached hydrogen (secondary N) is 1. The SMILES string of the molecule is CS(=O)(=O)NCc1cc(C(=O)n2ncc3cc(N)ccc32)ccn1. The summed E-state index contributed by atoms with van der Waals surface area (Å²) in [4.78, 5) is 16.7. The minimum atomic E-state index is -3.34. The fourth-order valence-electron chi connectivity index (χ4n) is 2.25. The molecule has 8 nitrogen and oxygen atoms in total. The van der Waals surface area contributed by atoms with Gasteiger partial charge in [-0.05, 0) is 30.3 Å². The molecule has 0 aliphatic rings. The van der Waals surface area contributed by atoms with Gasteiger partial charge in [0.2, 0.25) is 10.0 Å². The van der Waals surface area contributed by atoms with Crippen LogP contribution in [0.1, 0.15) is 16.1 Å². The smallest absolute Gasteiger partial charge is 0.278 e. The molecule has 0 aliphatic carbocycles. The second-order valence-electron chi connectivity index (χ2n) is 5.31. The van der Waals surface area contributed by atoms with Gasteiger partial charge < -0.3 is 5.73 Å². The summed E-state index contributed by atoms with van der Waals surface area (Å²) in [6.07, 6.45) is 4.08. The quantitative estimate of drug-likeness (QED) is 0.673. The summed E-state index contributed by atoms with van der Waals surface area (Å²) < 4.78 is 25.9. The predicted molar refractivity (Wildman–Crippen MR) is 89.8 cm³/mol. The Morgan fingerprint density at radius 3 is 2.83 bits per heavy atom. The molecule has 0 spiro atoms. The molecule has 24 heavy (non-hydrogen) atoms. The zero-order valence-electron chi connectivity index (χ0n) is 12.8. The lowest BCUT2D eigenvalue weighted by atomic mass is 10.2. The third-order valence-electron chi connectivity index (χ3n) is 3.36. The number of benzene rings is 1. The number of rotatable bonds is 4. The topological polar surface area (TPSA) is 120 Å². The number of anilines is 1. The lowest BCUT2D eigenvalue weighted by molar-refractivity contribution is 0.0950. The van der Waals surface area contributed by atoms with Gasteiger partial charge in [0, 0.05) is 22.8 Å². The van der Waals surface area contributed by atoms with Gasteiger partial charge in [-0.2, -0.15) is 9.78 Å². The van der Waals surface area contributed by atoms with E-state index in [1.165, 1.54) is 16.9 Å². The van der Waals surface area contributed by atoms with Crippen LogP contribution in [0, 0.1) is 0 Å². The molecule has 0 aliphatic heterocycles. The van der Waals surface area contributed by atoms with Gasteiger partial charge in [0.05, 0.1) is 30.2 Å². The van der Waals surface area contributed by atoms with Crippen LogP contribution < -0.4 is 10.5 Å². The number of carbonyl (C=O) groups is 1. The number of hydrogen-bond acceptors (Lipinski definition) is 6. The minimum Gasteiger partial charge on any atom is -0.399 e. The average molecular weight is 345 g/mol. The van der Waals surface area contributed by atoms with E-state index in [1.54, 1.807) is 30.5 Å². The van der Waals surface area contributed by atoms with Crippen LogP contribution in [-0.4, -0.2) is 35.3 Å². The normalized spacial score (nSPS) is 11.7. The number of nitrogen functional groups attached to an aromatic ring is 1. The van der Waals surface area contributed by atoms with E-state index in [2.05, 4.69) is 14.8 Å². The van der Waals surface area contributed by atoms with Gasteiger partial charge in [-0.1, -0.05) is 0 Å². The molecule has 3 N–H and O–H groups in total. The lowest BCUT2D eigenvalue weighted by Crippen LogP contribution is -2.22. The molecule has 0 radical (unpaired) electrons. The van der Waals surface area contributed by atoms with E-state index >= 15 is 0 Å². The Balaban J connectivity index is 1.92. The van der Waals surface area contributed by atoms with Crippen LogP contribution in [0.2, 0.25) is 0 Å². The third-order valence-corrected chi connectivity index (χ3v) is 4.03. The highest BCUT2D eigenvalue weighted by atomic mass is 32.2. The Kier molecular flexibility index (Phi) is 4.04. The highest BCUT2D eigenvalue weighted by molar-refractivity contribution is 7.88. The fraction of sp³-hybridized carbons (Fsp3) is 0.133. The number of sulfonamides is 1. The summed E-state index contributed by atoms with van der Waals surface area (Å²) in [5.41, 5.74) is 7.75. The molecular weight excluding hydrogens is 330 g/mol. The first-order chi connectivity index (χ1) is 11.3. The van der Waals surface area contributed by atoms with Crippen LogP contribution in [0.3, 0.4) is 0 Å². The van der Waals surface area contributed by atoms with Crippen LogP contribution in [0.5, 0.6) is 0 Å². The number of hydrogen-bond donors (Lipinski definition) is 2. The minimum absolute atomic E-state index is 0.0103. The van der Waals surface area contributed by atoms with Crippen molar-refractivity contribution in [2.45, 2.75) is 6.54 Å². The molecule has 0 fully saturated rings. The van der Waals surface area contributed by atoms with Crippen molar-refractivity contribution in [1.82, 2.24) is 19.5 Å². The Morgan fingerprint density at radius 1 is 1.29 bits per heavy atom. The maximum Gasteiger partial charge on any atom is 0.278 e. The zero-order chi connectivity index (χ0) is 17.3. The molecule has 3 aromatic rings. The Hall–Kier alpha value is -2.78. The van der Waals surface area contributed by atoms with Crippen molar-refractivity contribution in [1.29, 1.82) is 0 Å². The van der Waals surface area contributed by atoms with Crippen LogP contribution >= 0.6 is 0 Å². The van der Waals surface area contributed by atoms with E-state index in [0.717, 1.165) is 11.6 Å². The van der Waals surface area contributed by atoms with E-state index in [0.29, 0.717) is 22.5 Å². The monoisotopic (exact) mass is 345 g/mol.